The second-order valence-corrected chi connectivity index (χ2v) is 8.56. The van der Waals surface area contributed by atoms with E-state index in [-0.39, 0.29) is 16.4 Å². The van der Waals surface area contributed by atoms with E-state index in [1.54, 1.807) is 0 Å². The van der Waals surface area contributed by atoms with Crippen molar-refractivity contribution >= 4 is 19.9 Å². The first-order valence-electron chi connectivity index (χ1n) is 6.68. The predicted molar refractivity (Wildman–Crippen MR) is 80.3 cm³/mol. The van der Waals surface area contributed by atoms with Crippen LogP contribution in [0.3, 0.4) is 0 Å². The van der Waals surface area contributed by atoms with Crippen LogP contribution in [-0.4, -0.2) is 41.3 Å². The molecule has 0 amide bonds. The predicted octanol–water partition coefficient (Wildman–Crippen LogP) is 0.921. The minimum atomic E-state index is -3.61. The van der Waals surface area contributed by atoms with Crippen LogP contribution in [0.1, 0.15) is 25.7 Å². The fraction of sp³-hybridized carbons (Fsp3) is 0.538. The molecular formula is C13H21NO5S2. The van der Waals surface area contributed by atoms with Crippen LogP contribution in [0.5, 0.6) is 0 Å². The Labute approximate surface area is 126 Å². The number of benzene rings is 1. The summed E-state index contributed by atoms with van der Waals surface area (Å²) in [6.07, 6.45) is 4.19. The molecule has 0 heterocycles. The third-order valence-corrected chi connectivity index (χ3v) is 5.54. The molecule has 6 nitrogen and oxygen atoms in total. The van der Waals surface area contributed by atoms with Crippen molar-refractivity contribution in [1.29, 1.82) is 0 Å². The Kier molecular flexibility index (Phi) is 6.79. The lowest BCUT2D eigenvalue weighted by atomic mass is 10.2. The van der Waals surface area contributed by atoms with Crippen molar-refractivity contribution in [2.24, 2.45) is 0 Å². The summed E-state index contributed by atoms with van der Waals surface area (Å²) in [5.74, 6) is 0. The van der Waals surface area contributed by atoms with E-state index >= 15 is 0 Å². The number of sulfonamides is 1. The van der Waals surface area contributed by atoms with Crippen LogP contribution >= 0.6 is 0 Å². The van der Waals surface area contributed by atoms with Crippen molar-refractivity contribution in [1.82, 2.24) is 4.72 Å². The van der Waals surface area contributed by atoms with Crippen molar-refractivity contribution in [3.8, 4) is 0 Å². The molecule has 1 aromatic carbocycles. The third kappa shape index (κ3) is 6.13. The summed E-state index contributed by atoms with van der Waals surface area (Å²) in [7, 11) is -6.94. The van der Waals surface area contributed by atoms with Crippen LogP contribution in [-0.2, 0) is 19.9 Å². The van der Waals surface area contributed by atoms with Gasteiger partial charge >= 0.3 is 0 Å². The Balaban J connectivity index is 2.58. The molecule has 0 saturated carbocycles. The normalized spacial score (nSPS) is 12.5. The molecule has 120 valence electrons. The van der Waals surface area contributed by atoms with Gasteiger partial charge < -0.3 is 5.11 Å². The molecule has 0 aromatic heterocycles. The molecule has 0 fully saturated rings. The molecule has 0 aliphatic heterocycles. The molecule has 2 N–H and O–H groups in total. The Bertz CT molecular complexity index is 636. The fourth-order valence-electron chi connectivity index (χ4n) is 1.75. The number of aliphatic hydroxyl groups excluding tert-OH is 1. The largest absolute Gasteiger partial charge is 0.396 e. The average Bonchev–Trinajstić information content (AvgIpc) is 2.42. The zero-order valence-electron chi connectivity index (χ0n) is 11.9. The summed E-state index contributed by atoms with van der Waals surface area (Å²) in [4.78, 5) is 0.135. The van der Waals surface area contributed by atoms with Crippen LogP contribution in [0, 0.1) is 0 Å². The molecule has 0 aliphatic carbocycles. The minimum absolute atomic E-state index is 0.0465. The zero-order chi connectivity index (χ0) is 15.9. The van der Waals surface area contributed by atoms with Crippen LogP contribution in [0.4, 0.5) is 0 Å². The van der Waals surface area contributed by atoms with Gasteiger partial charge in [0.25, 0.3) is 0 Å². The monoisotopic (exact) mass is 335 g/mol. The summed E-state index contributed by atoms with van der Waals surface area (Å²) in [6, 6.07) is 5.13. The molecule has 0 radical (unpaired) electrons. The van der Waals surface area contributed by atoms with E-state index in [1.165, 1.54) is 24.3 Å². The molecule has 0 saturated heterocycles. The average molecular weight is 335 g/mol. The van der Waals surface area contributed by atoms with Gasteiger partial charge in [-0.3, -0.25) is 0 Å². The Morgan fingerprint density at radius 3 is 1.95 bits per heavy atom. The summed E-state index contributed by atoms with van der Waals surface area (Å²) >= 11 is 0. The molecule has 1 aromatic rings. The molecule has 0 unspecified atom stereocenters. The first-order valence-corrected chi connectivity index (χ1v) is 10.1. The van der Waals surface area contributed by atoms with Gasteiger partial charge in [0.1, 0.15) is 0 Å². The van der Waals surface area contributed by atoms with Crippen molar-refractivity contribution in [2.45, 2.75) is 35.5 Å². The summed E-state index contributed by atoms with van der Waals surface area (Å²) < 4.78 is 49.0. The topological polar surface area (TPSA) is 101 Å². The van der Waals surface area contributed by atoms with E-state index in [9.17, 15) is 16.8 Å². The standard InChI is InChI=1S/C13H21NO5S2/c1-20(16,17)12-6-8-13(9-7-12)21(18,19)14-10-4-2-3-5-11-15/h6-9,14-15H,2-5,10-11H2,1H3. The molecule has 0 atom stereocenters. The van der Waals surface area contributed by atoms with Crippen LogP contribution in [0.2, 0.25) is 0 Å². The van der Waals surface area contributed by atoms with Gasteiger partial charge in [-0.05, 0) is 37.1 Å². The van der Waals surface area contributed by atoms with Gasteiger partial charge in [-0.15, -0.1) is 0 Å². The number of rotatable bonds is 9. The highest BCUT2D eigenvalue weighted by molar-refractivity contribution is 7.90. The number of aliphatic hydroxyl groups is 1. The lowest BCUT2D eigenvalue weighted by Gasteiger charge is -2.07. The molecule has 21 heavy (non-hydrogen) atoms. The van der Waals surface area contributed by atoms with Gasteiger partial charge in [0, 0.05) is 19.4 Å². The SMILES string of the molecule is CS(=O)(=O)c1ccc(S(=O)(=O)NCCCCCCO)cc1. The Morgan fingerprint density at radius 2 is 1.43 bits per heavy atom. The van der Waals surface area contributed by atoms with Crippen molar-refractivity contribution in [3.05, 3.63) is 24.3 Å². The molecular weight excluding hydrogens is 314 g/mol. The van der Waals surface area contributed by atoms with E-state index in [2.05, 4.69) is 4.72 Å². The van der Waals surface area contributed by atoms with Gasteiger partial charge in [-0.25, -0.2) is 21.6 Å². The van der Waals surface area contributed by atoms with Crippen LogP contribution in [0.15, 0.2) is 34.1 Å². The van der Waals surface area contributed by atoms with E-state index in [0.29, 0.717) is 13.0 Å². The maximum atomic E-state index is 12.0. The summed E-state index contributed by atoms with van der Waals surface area (Å²) in [5, 5.41) is 8.63. The van der Waals surface area contributed by atoms with E-state index in [1.807, 2.05) is 0 Å². The maximum Gasteiger partial charge on any atom is 0.240 e. The molecule has 8 heteroatoms. The van der Waals surface area contributed by atoms with Crippen molar-refractivity contribution in [2.75, 3.05) is 19.4 Å². The number of sulfone groups is 1. The second-order valence-electron chi connectivity index (χ2n) is 4.78. The highest BCUT2D eigenvalue weighted by Crippen LogP contribution is 2.14. The number of hydrogen-bond acceptors (Lipinski definition) is 5. The third-order valence-electron chi connectivity index (χ3n) is 2.94. The zero-order valence-corrected chi connectivity index (χ0v) is 13.6. The lowest BCUT2D eigenvalue weighted by molar-refractivity contribution is 0.282. The van der Waals surface area contributed by atoms with Crippen molar-refractivity contribution < 1.29 is 21.9 Å². The number of nitrogens with one attached hydrogen (secondary N) is 1. The number of unbranched alkanes of at least 4 members (excludes halogenated alkanes) is 3. The minimum Gasteiger partial charge on any atom is -0.396 e. The first-order chi connectivity index (χ1) is 9.77. The maximum absolute atomic E-state index is 12.0. The van der Waals surface area contributed by atoms with E-state index < -0.39 is 19.9 Å². The Morgan fingerprint density at radius 1 is 0.905 bits per heavy atom. The molecule has 0 spiro atoms. The number of hydrogen-bond donors (Lipinski definition) is 2. The summed E-state index contributed by atoms with van der Waals surface area (Å²) in [6.45, 7) is 0.472. The van der Waals surface area contributed by atoms with E-state index in [4.69, 9.17) is 5.11 Å². The summed E-state index contributed by atoms with van der Waals surface area (Å²) in [5.41, 5.74) is 0. The first kappa shape index (κ1) is 18.1. The smallest absolute Gasteiger partial charge is 0.240 e. The van der Waals surface area contributed by atoms with Gasteiger partial charge in [0.15, 0.2) is 9.84 Å². The van der Waals surface area contributed by atoms with Gasteiger partial charge in [-0.1, -0.05) is 12.8 Å². The van der Waals surface area contributed by atoms with Gasteiger partial charge in [0.05, 0.1) is 9.79 Å². The van der Waals surface area contributed by atoms with Crippen molar-refractivity contribution in [3.63, 3.8) is 0 Å². The molecule has 1 rings (SSSR count). The second kappa shape index (κ2) is 7.88. The molecule has 0 bridgehead atoms. The fourth-order valence-corrected chi connectivity index (χ4v) is 3.45. The van der Waals surface area contributed by atoms with E-state index in [0.717, 1.165) is 25.5 Å². The lowest BCUT2D eigenvalue weighted by Crippen LogP contribution is -2.24. The molecule has 0 aliphatic rings. The highest BCUT2D eigenvalue weighted by atomic mass is 32.2. The van der Waals surface area contributed by atoms with Gasteiger partial charge in [-0.2, -0.15) is 0 Å². The van der Waals surface area contributed by atoms with Crippen LogP contribution in [0.25, 0.3) is 0 Å². The van der Waals surface area contributed by atoms with Gasteiger partial charge in [0.2, 0.25) is 10.0 Å². The Hall–Kier alpha value is -0.960. The quantitative estimate of drug-likeness (QED) is 0.654. The van der Waals surface area contributed by atoms with Crippen LogP contribution < -0.4 is 4.72 Å². The highest BCUT2D eigenvalue weighted by Gasteiger charge is 2.14.